The van der Waals surface area contributed by atoms with Crippen LogP contribution in [0.3, 0.4) is 0 Å². The molecule has 6 heterocycles. The maximum atomic E-state index is 15.2. The average molecular weight is 825 g/mol. The van der Waals surface area contributed by atoms with E-state index in [2.05, 4.69) is 39.0 Å². The monoisotopic (exact) mass is 823 g/mol. The van der Waals surface area contributed by atoms with Crippen LogP contribution in [0.15, 0.2) is 84.9 Å². The Kier molecular flexibility index (Phi) is 11.3. The van der Waals surface area contributed by atoms with E-state index in [1.165, 1.54) is 5.56 Å². The van der Waals surface area contributed by atoms with Crippen molar-refractivity contribution in [3.63, 3.8) is 0 Å². The van der Waals surface area contributed by atoms with Crippen molar-refractivity contribution in [1.29, 1.82) is 0 Å². The Bertz CT molecular complexity index is 2340. The number of aromatic nitrogens is 1. The van der Waals surface area contributed by atoms with Crippen molar-refractivity contribution in [1.82, 2.24) is 14.4 Å². The Morgan fingerprint density at radius 1 is 0.793 bits per heavy atom. The van der Waals surface area contributed by atoms with Gasteiger partial charge in [0.1, 0.15) is 5.75 Å². The number of ether oxygens (including phenoxy) is 3. The lowest BCUT2D eigenvalue weighted by atomic mass is 9.92. The van der Waals surface area contributed by atoms with Gasteiger partial charge in [-0.15, -0.1) is 24.8 Å². The molecule has 10 rings (SSSR count). The molecule has 5 aliphatic rings. The molecular weight excluding hydrogens is 777 g/mol. The number of rotatable bonds is 7. The van der Waals surface area contributed by atoms with Gasteiger partial charge in [0.25, 0.3) is 11.8 Å². The van der Waals surface area contributed by atoms with Crippen LogP contribution in [0.1, 0.15) is 55.9 Å². The van der Waals surface area contributed by atoms with Gasteiger partial charge in [-0.05, 0) is 109 Å². The number of amides is 2. The van der Waals surface area contributed by atoms with Gasteiger partial charge in [-0.25, -0.2) is 0 Å². The molecule has 0 spiro atoms. The molecular formula is C45H47Cl2N5O6. The number of nitrogens with one attached hydrogen (secondary N) is 1. The molecule has 5 aromatic rings. The van der Waals surface area contributed by atoms with E-state index in [9.17, 15) is 5.11 Å². The van der Waals surface area contributed by atoms with E-state index in [0.717, 1.165) is 104 Å². The summed E-state index contributed by atoms with van der Waals surface area (Å²) < 4.78 is 19.7. The molecule has 0 unspecified atom stereocenters. The minimum Gasteiger partial charge on any atom is -0.508 e. The van der Waals surface area contributed by atoms with Crippen LogP contribution in [0.25, 0.3) is 11.3 Å². The van der Waals surface area contributed by atoms with Gasteiger partial charge in [0, 0.05) is 79.3 Å². The Morgan fingerprint density at radius 3 is 2.36 bits per heavy atom. The number of nitrogens with zero attached hydrogens (tertiary/aromatic N) is 4. The van der Waals surface area contributed by atoms with Gasteiger partial charge in [-0.1, -0.05) is 24.3 Å². The lowest BCUT2D eigenvalue weighted by molar-refractivity contribution is 0.0193. The Hall–Kier alpha value is -5.20. The highest BCUT2D eigenvalue weighted by atomic mass is 35.5. The summed E-state index contributed by atoms with van der Waals surface area (Å²) in [5, 5.41) is 13.6. The number of halogens is 2. The van der Waals surface area contributed by atoms with Crippen LogP contribution in [0.5, 0.6) is 17.2 Å². The molecule has 0 aliphatic carbocycles. The van der Waals surface area contributed by atoms with E-state index in [1.54, 1.807) is 29.2 Å². The van der Waals surface area contributed by atoms with Crippen LogP contribution in [0.4, 0.5) is 17.1 Å². The molecule has 1 atom stereocenters. The molecule has 0 saturated carbocycles. The van der Waals surface area contributed by atoms with Gasteiger partial charge in [0.05, 0.1) is 24.3 Å². The van der Waals surface area contributed by atoms with Crippen molar-refractivity contribution in [3.8, 4) is 28.5 Å². The first kappa shape index (κ1) is 39.6. The molecule has 11 nitrogen and oxygen atoms in total. The number of phenols is 1. The number of carbonyl (C=O) groups is 2. The predicted molar refractivity (Wildman–Crippen MR) is 228 cm³/mol. The summed E-state index contributed by atoms with van der Waals surface area (Å²) in [5.74, 6) is 1.04. The number of phenolic OH excluding ortho intramolecular Hbond substituents is 1. The summed E-state index contributed by atoms with van der Waals surface area (Å²) in [7, 11) is 0. The summed E-state index contributed by atoms with van der Waals surface area (Å²) in [5.41, 5.74) is 9.73. The van der Waals surface area contributed by atoms with Crippen molar-refractivity contribution < 1.29 is 28.9 Å². The summed E-state index contributed by atoms with van der Waals surface area (Å²) in [6.07, 6.45) is 4.29. The molecule has 1 saturated heterocycles. The first-order valence-corrected chi connectivity index (χ1v) is 19.8. The fraction of sp³-hybridized carbons (Fsp3) is 0.333. The van der Waals surface area contributed by atoms with Crippen LogP contribution in [0, 0.1) is 0 Å². The third kappa shape index (κ3) is 7.25. The molecule has 0 radical (unpaired) electrons. The number of hydrogen-bond acceptors (Lipinski definition) is 8. The van der Waals surface area contributed by atoms with Gasteiger partial charge in [0.2, 0.25) is 6.79 Å². The molecule has 4 aromatic carbocycles. The number of morpholine rings is 1. The van der Waals surface area contributed by atoms with Crippen molar-refractivity contribution >= 4 is 53.7 Å². The highest BCUT2D eigenvalue weighted by Crippen LogP contribution is 2.43. The van der Waals surface area contributed by atoms with Gasteiger partial charge in [-0.3, -0.25) is 19.4 Å². The van der Waals surface area contributed by atoms with Crippen LogP contribution in [-0.2, 0) is 37.1 Å². The van der Waals surface area contributed by atoms with Gasteiger partial charge in [-0.2, -0.15) is 0 Å². The lowest BCUT2D eigenvalue weighted by Gasteiger charge is -2.40. The number of aromatic hydroxyl groups is 1. The van der Waals surface area contributed by atoms with Crippen LogP contribution < -0.4 is 19.7 Å². The number of anilines is 3. The Morgan fingerprint density at radius 2 is 1.55 bits per heavy atom. The van der Waals surface area contributed by atoms with Gasteiger partial charge in [0.15, 0.2) is 11.5 Å². The number of hydrogen-bond donors (Lipinski definition) is 2. The fourth-order valence-electron chi connectivity index (χ4n) is 9.18. The highest BCUT2D eigenvalue weighted by molar-refractivity contribution is 6.13. The number of fused-ring (bicyclic) bond motifs is 4. The molecule has 2 N–H and O–H groups in total. The molecule has 1 aromatic heterocycles. The van der Waals surface area contributed by atoms with Crippen molar-refractivity contribution in [3.05, 3.63) is 118 Å². The van der Waals surface area contributed by atoms with E-state index in [1.807, 2.05) is 41.3 Å². The summed E-state index contributed by atoms with van der Waals surface area (Å²) >= 11 is 0. The zero-order chi connectivity index (χ0) is 37.8. The van der Waals surface area contributed by atoms with Crippen molar-refractivity contribution in [2.24, 2.45) is 0 Å². The largest absolute Gasteiger partial charge is 0.508 e. The first-order valence-electron chi connectivity index (χ1n) is 19.8. The van der Waals surface area contributed by atoms with E-state index in [0.29, 0.717) is 48.1 Å². The first-order chi connectivity index (χ1) is 27.5. The number of carbonyl (C=O) groups excluding carboxylic acids is 2. The fourth-order valence-corrected chi connectivity index (χ4v) is 9.18. The molecule has 302 valence electrons. The van der Waals surface area contributed by atoms with Crippen molar-refractivity contribution in [2.45, 2.75) is 51.2 Å². The molecule has 0 bridgehead atoms. The Labute approximate surface area is 350 Å². The minimum atomic E-state index is -0.162. The van der Waals surface area contributed by atoms with E-state index in [-0.39, 0.29) is 55.2 Å². The normalized spacial score (nSPS) is 17.9. The second-order valence-electron chi connectivity index (χ2n) is 15.4. The molecule has 13 heteroatoms. The standard InChI is InChI=1S/C45H45N5O6.2ClH/c51-35-11-8-32(9-12-35)50(33-10-13-39-30(22-33)14-15-46-39)45(53)38-23-41(48-16-4-3-7-40(38)48)36-24-42-43(56-28-55-42)25-37(36)44(52)49-26-31-6-2-1-5-29(31)21-34(49)27-47-17-19-54-20-18-47;;/h1-2,5-6,8-13,22-25,34,46,51H,3-4,7,14-21,26-28H2;2*1H/t34-;;/m0../s1. The van der Waals surface area contributed by atoms with Crippen molar-refractivity contribution in [2.75, 3.05) is 56.4 Å². The Balaban J connectivity index is 0.00000235. The molecule has 2 amide bonds. The van der Waals surface area contributed by atoms with E-state index >= 15 is 9.59 Å². The molecule has 5 aliphatic heterocycles. The summed E-state index contributed by atoms with van der Waals surface area (Å²) in [4.78, 5) is 36.6. The second kappa shape index (κ2) is 16.6. The third-order valence-electron chi connectivity index (χ3n) is 12.1. The van der Waals surface area contributed by atoms with Gasteiger partial charge < -0.3 is 34.1 Å². The van der Waals surface area contributed by atoms with E-state index < -0.39 is 0 Å². The lowest BCUT2D eigenvalue weighted by Crippen LogP contribution is -2.52. The topological polar surface area (TPSA) is 109 Å². The van der Waals surface area contributed by atoms with Gasteiger partial charge >= 0.3 is 0 Å². The summed E-state index contributed by atoms with van der Waals surface area (Å²) in [6, 6.07) is 27.0. The maximum absolute atomic E-state index is 15.2. The SMILES string of the molecule is Cl.Cl.O=C(c1cc(-c2cc3c(cc2C(=O)N2Cc4ccccc4C[C@H]2CN2CCOCC2)OCO3)n2c1CCCC2)N(c1ccc(O)cc1)c1ccc2c(c1)CCN2. The van der Waals surface area contributed by atoms with Crippen LogP contribution >= 0.6 is 24.8 Å². The zero-order valence-electron chi connectivity index (χ0n) is 32.2. The quantitative estimate of drug-likeness (QED) is 0.173. The smallest absolute Gasteiger partial charge is 0.264 e. The van der Waals surface area contributed by atoms with Crippen LogP contribution in [-0.4, -0.2) is 83.5 Å². The highest BCUT2D eigenvalue weighted by Gasteiger charge is 2.36. The molecule has 58 heavy (non-hydrogen) atoms. The maximum Gasteiger partial charge on any atom is 0.264 e. The average Bonchev–Trinajstić information content (AvgIpc) is 4.00. The summed E-state index contributed by atoms with van der Waals surface area (Å²) in [6.45, 7) is 5.99. The zero-order valence-corrected chi connectivity index (χ0v) is 33.8. The van der Waals surface area contributed by atoms with Crippen LogP contribution in [0.2, 0.25) is 0 Å². The minimum absolute atomic E-state index is 0. The number of benzene rings is 4. The van der Waals surface area contributed by atoms with E-state index in [4.69, 9.17) is 14.2 Å². The second-order valence-corrected chi connectivity index (χ2v) is 15.4. The predicted octanol–water partition coefficient (Wildman–Crippen LogP) is 7.62. The third-order valence-corrected chi connectivity index (χ3v) is 12.1. The molecule has 1 fully saturated rings.